The van der Waals surface area contributed by atoms with Crippen LogP contribution in [0.25, 0.3) is 0 Å². The standard InChI is InChI=1S/C6H11N.CH2O2/c1-3-5-7-6-4-2;2-1-3/h3-4,7H,1-2,5-6H2;1H,(H,2,3). The molecule has 2 N–H and O–H groups in total. The zero-order valence-electron chi connectivity index (χ0n) is 5.92. The maximum atomic E-state index is 8.36. The van der Waals surface area contributed by atoms with Gasteiger partial charge < -0.3 is 10.4 Å². The van der Waals surface area contributed by atoms with Gasteiger partial charge in [-0.2, -0.15) is 0 Å². The second-order valence-electron chi connectivity index (χ2n) is 1.34. The van der Waals surface area contributed by atoms with Crippen LogP contribution >= 0.6 is 0 Å². The first-order chi connectivity index (χ1) is 4.83. The van der Waals surface area contributed by atoms with Crippen LogP contribution in [0, 0.1) is 0 Å². The lowest BCUT2D eigenvalue weighted by Gasteiger charge is -1.90. The Morgan fingerprint density at radius 2 is 1.60 bits per heavy atom. The lowest BCUT2D eigenvalue weighted by atomic mass is 10.5. The third-order valence-electron chi connectivity index (χ3n) is 0.577. The number of carbonyl (C=O) groups is 1. The summed E-state index contributed by atoms with van der Waals surface area (Å²) in [5.74, 6) is 0. The van der Waals surface area contributed by atoms with Gasteiger partial charge in [-0.15, -0.1) is 13.2 Å². The molecule has 0 atom stereocenters. The molecule has 3 heteroatoms. The van der Waals surface area contributed by atoms with E-state index in [1.54, 1.807) is 0 Å². The summed E-state index contributed by atoms with van der Waals surface area (Å²) >= 11 is 0. The molecule has 0 aliphatic rings. The summed E-state index contributed by atoms with van der Waals surface area (Å²) in [4.78, 5) is 8.36. The van der Waals surface area contributed by atoms with Gasteiger partial charge in [0, 0.05) is 13.1 Å². The third kappa shape index (κ3) is 28.5. The molecule has 0 saturated carbocycles. The van der Waals surface area contributed by atoms with Gasteiger partial charge in [-0.25, -0.2) is 0 Å². The maximum Gasteiger partial charge on any atom is 0.290 e. The predicted molar refractivity (Wildman–Crippen MR) is 42.0 cm³/mol. The zero-order valence-corrected chi connectivity index (χ0v) is 5.92. The maximum absolute atomic E-state index is 8.36. The molecule has 0 aromatic rings. The highest BCUT2D eigenvalue weighted by Crippen LogP contribution is 1.59. The summed E-state index contributed by atoms with van der Waals surface area (Å²) in [5, 5.41) is 9.94. The Balaban J connectivity index is 0. The van der Waals surface area contributed by atoms with Crippen LogP contribution in [-0.4, -0.2) is 24.7 Å². The van der Waals surface area contributed by atoms with E-state index in [-0.39, 0.29) is 6.47 Å². The molecule has 0 aliphatic carbocycles. The Morgan fingerprint density at radius 3 is 1.80 bits per heavy atom. The van der Waals surface area contributed by atoms with Gasteiger partial charge in [-0.05, 0) is 0 Å². The smallest absolute Gasteiger partial charge is 0.290 e. The average molecular weight is 143 g/mol. The highest BCUT2D eigenvalue weighted by Gasteiger charge is 1.69. The lowest BCUT2D eigenvalue weighted by molar-refractivity contribution is -0.122. The highest BCUT2D eigenvalue weighted by molar-refractivity contribution is 5.32. The average Bonchev–Trinajstić information content (AvgIpc) is 1.91. The number of carboxylic acid groups (broad SMARTS) is 1. The van der Waals surface area contributed by atoms with Gasteiger partial charge in [0.2, 0.25) is 0 Å². The Kier molecular flexibility index (Phi) is 18.3. The van der Waals surface area contributed by atoms with Crippen LogP contribution < -0.4 is 5.32 Å². The van der Waals surface area contributed by atoms with E-state index in [9.17, 15) is 0 Å². The molecule has 0 saturated heterocycles. The van der Waals surface area contributed by atoms with Crippen LogP contribution in [0.5, 0.6) is 0 Å². The topological polar surface area (TPSA) is 49.3 Å². The van der Waals surface area contributed by atoms with Crippen molar-refractivity contribution in [1.82, 2.24) is 5.32 Å². The van der Waals surface area contributed by atoms with E-state index in [0.29, 0.717) is 0 Å². The molecule has 0 heterocycles. The minimum absolute atomic E-state index is 0.250. The van der Waals surface area contributed by atoms with Crippen molar-refractivity contribution >= 4 is 6.47 Å². The first-order valence-electron chi connectivity index (χ1n) is 2.83. The molecule has 0 spiro atoms. The largest absolute Gasteiger partial charge is 0.483 e. The van der Waals surface area contributed by atoms with Crippen molar-refractivity contribution in [2.75, 3.05) is 13.1 Å². The van der Waals surface area contributed by atoms with E-state index >= 15 is 0 Å². The molecule has 10 heavy (non-hydrogen) atoms. The highest BCUT2D eigenvalue weighted by atomic mass is 16.3. The van der Waals surface area contributed by atoms with Crippen molar-refractivity contribution in [2.24, 2.45) is 0 Å². The van der Waals surface area contributed by atoms with Gasteiger partial charge in [0.25, 0.3) is 6.47 Å². The molecular weight excluding hydrogens is 130 g/mol. The quantitative estimate of drug-likeness (QED) is 0.345. The van der Waals surface area contributed by atoms with Crippen molar-refractivity contribution in [2.45, 2.75) is 0 Å². The minimum atomic E-state index is -0.250. The summed E-state index contributed by atoms with van der Waals surface area (Å²) in [6, 6.07) is 0. The van der Waals surface area contributed by atoms with E-state index in [4.69, 9.17) is 9.90 Å². The molecular formula is C7H13NO2. The molecule has 0 aromatic heterocycles. The fraction of sp³-hybridized carbons (Fsp3) is 0.286. The van der Waals surface area contributed by atoms with Crippen molar-refractivity contribution in [1.29, 1.82) is 0 Å². The first kappa shape index (κ1) is 11.7. The second-order valence-corrected chi connectivity index (χ2v) is 1.34. The Hall–Kier alpha value is -1.09. The summed E-state index contributed by atoms with van der Waals surface area (Å²) in [6.45, 7) is 8.56. The molecule has 0 radical (unpaired) electrons. The molecule has 3 nitrogen and oxygen atoms in total. The van der Waals surface area contributed by atoms with Gasteiger partial charge in [0.1, 0.15) is 0 Å². The van der Waals surface area contributed by atoms with Crippen molar-refractivity contribution in [3.63, 3.8) is 0 Å². The molecule has 0 amide bonds. The number of hydrogen-bond acceptors (Lipinski definition) is 2. The number of nitrogens with one attached hydrogen (secondary N) is 1. The normalized spacial score (nSPS) is 6.80. The Labute approximate surface area is 61.1 Å². The number of rotatable bonds is 4. The van der Waals surface area contributed by atoms with Crippen LogP contribution in [0.4, 0.5) is 0 Å². The SMILES string of the molecule is C=CCNCC=C.O=CO. The lowest BCUT2D eigenvalue weighted by Crippen LogP contribution is -2.11. The zero-order chi connectivity index (χ0) is 8.24. The molecule has 58 valence electrons. The van der Waals surface area contributed by atoms with E-state index in [2.05, 4.69) is 18.5 Å². The molecule has 0 unspecified atom stereocenters. The van der Waals surface area contributed by atoms with Crippen LogP contribution in [0.1, 0.15) is 0 Å². The third-order valence-corrected chi connectivity index (χ3v) is 0.577. The first-order valence-corrected chi connectivity index (χ1v) is 2.83. The second kappa shape index (κ2) is 15.7. The minimum Gasteiger partial charge on any atom is -0.483 e. The fourth-order valence-electron chi connectivity index (χ4n) is 0.287. The van der Waals surface area contributed by atoms with Gasteiger partial charge in [0.15, 0.2) is 0 Å². The van der Waals surface area contributed by atoms with E-state index in [1.165, 1.54) is 0 Å². The van der Waals surface area contributed by atoms with Crippen molar-refractivity contribution in [3.05, 3.63) is 25.3 Å². The summed E-state index contributed by atoms with van der Waals surface area (Å²) in [5.41, 5.74) is 0. The van der Waals surface area contributed by atoms with E-state index in [1.807, 2.05) is 12.2 Å². The molecule has 0 rings (SSSR count). The van der Waals surface area contributed by atoms with Crippen LogP contribution in [0.15, 0.2) is 25.3 Å². The molecule has 0 bridgehead atoms. The fourth-order valence-corrected chi connectivity index (χ4v) is 0.287. The predicted octanol–water partition coefficient (Wildman–Crippen LogP) is 0.649. The van der Waals surface area contributed by atoms with Crippen LogP contribution in [0.3, 0.4) is 0 Å². The molecule has 0 aliphatic heterocycles. The van der Waals surface area contributed by atoms with Gasteiger partial charge >= 0.3 is 0 Å². The van der Waals surface area contributed by atoms with Crippen molar-refractivity contribution in [3.8, 4) is 0 Å². The Morgan fingerprint density at radius 1 is 1.30 bits per heavy atom. The van der Waals surface area contributed by atoms with Gasteiger partial charge in [-0.3, -0.25) is 4.79 Å². The van der Waals surface area contributed by atoms with Crippen LogP contribution in [0.2, 0.25) is 0 Å². The van der Waals surface area contributed by atoms with E-state index in [0.717, 1.165) is 13.1 Å². The van der Waals surface area contributed by atoms with E-state index < -0.39 is 0 Å². The van der Waals surface area contributed by atoms with Crippen LogP contribution in [-0.2, 0) is 4.79 Å². The summed E-state index contributed by atoms with van der Waals surface area (Å²) < 4.78 is 0. The van der Waals surface area contributed by atoms with Gasteiger partial charge in [-0.1, -0.05) is 12.2 Å². The molecule has 0 fully saturated rings. The van der Waals surface area contributed by atoms with Crippen molar-refractivity contribution < 1.29 is 9.90 Å². The summed E-state index contributed by atoms with van der Waals surface area (Å²) in [6.07, 6.45) is 3.65. The Bertz CT molecular complexity index is 83.6. The summed E-state index contributed by atoms with van der Waals surface area (Å²) in [7, 11) is 0. The molecule has 0 aromatic carbocycles. The number of hydrogen-bond donors (Lipinski definition) is 2. The van der Waals surface area contributed by atoms with Gasteiger partial charge in [0.05, 0.1) is 0 Å². The monoisotopic (exact) mass is 143 g/mol.